The van der Waals surface area contributed by atoms with E-state index in [9.17, 15) is 4.79 Å². The smallest absolute Gasteiger partial charge is 0.256 e. The lowest BCUT2D eigenvalue weighted by atomic mass is 10.1. The zero-order valence-corrected chi connectivity index (χ0v) is 11.0. The Bertz CT molecular complexity index is 655. The first kappa shape index (κ1) is 11.9. The summed E-state index contributed by atoms with van der Waals surface area (Å²) in [5.74, 6) is 0.0769. The second kappa shape index (κ2) is 4.84. The minimum atomic E-state index is 0.0769. The summed E-state index contributed by atoms with van der Waals surface area (Å²) in [7, 11) is 0. The lowest BCUT2D eigenvalue weighted by Crippen LogP contribution is -2.34. The molecule has 1 aromatic carbocycles. The molecular formula is C16H16N2O. The van der Waals surface area contributed by atoms with E-state index in [1.54, 1.807) is 6.20 Å². The van der Waals surface area contributed by atoms with Gasteiger partial charge in [0.2, 0.25) is 0 Å². The fourth-order valence-electron chi connectivity index (χ4n) is 2.40. The van der Waals surface area contributed by atoms with E-state index in [1.807, 2.05) is 35.2 Å². The molecule has 0 spiro atoms. The molecule has 0 saturated heterocycles. The van der Waals surface area contributed by atoms with Gasteiger partial charge in [0.1, 0.15) is 0 Å². The van der Waals surface area contributed by atoms with Gasteiger partial charge in [0.25, 0.3) is 5.91 Å². The van der Waals surface area contributed by atoms with Crippen LogP contribution in [0.4, 0.5) is 0 Å². The summed E-state index contributed by atoms with van der Waals surface area (Å²) in [6.07, 6.45) is 4.82. The van der Waals surface area contributed by atoms with Gasteiger partial charge in [0.15, 0.2) is 0 Å². The lowest BCUT2D eigenvalue weighted by molar-refractivity contribution is 0.0771. The average Bonchev–Trinajstić information content (AvgIpc) is 2.47. The number of amides is 1. The standard InChI is InChI=1S/C16H16N2O/c1-12-7-10-18(11-8-12)16(19)14-6-2-4-13-5-3-9-17-15(13)14/h2-7,9H,8,10-11H2,1H3. The maximum Gasteiger partial charge on any atom is 0.256 e. The number of nitrogens with zero attached hydrogens (tertiary/aromatic N) is 2. The van der Waals surface area contributed by atoms with Crippen molar-refractivity contribution in [3.05, 3.63) is 53.7 Å². The second-order valence-electron chi connectivity index (χ2n) is 4.93. The molecule has 3 nitrogen and oxygen atoms in total. The normalized spacial score (nSPS) is 15.4. The molecule has 2 aromatic rings. The van der Waals surface area contributed by atoms with E-state index in [2.05, 4.69) is 18.0 Å². The number of para-hydroxylation sites is 1. The van der Waals surface area contributed by atoms with Crippen LogP contribution in [0.2, 0.25) is 0 Å². The zero-order valence-electron chi connectivity index (χ0n) is 11.0. The number of hydrogen-bond acceptors (Lipinski definition) is 2. The summed E-state index contributed by atoms with van der Waals surface area (Å²) in [6, 6.07) is 9.65. The van der Waals surface area contributed by atoms with Crippen LogP contribution >= 0.6 is 0 Å². The highest BCUT2D eigenvalue weighted by atomic mass is 16.2. The maximum absolute atomic E-state index is 12.6. The van der Waals surface area contributed by atoms with Crippen LogP contribution in [0.1, 0.15) is 23.7 Å². The van der Waals surface area contributed by atoms with E-state index in [4.69, 9.17) is 0 Å². The molecule has 0 fully saturated rings. The number of benzene rings is 1. The van der Waals surface area contributed by atoms with Crippen LogP contribution in [0.25, 0.3) is 10.9 Å². The van der Waals surface area contributed by atoms with Crippen molar-refractivity contribution in [2.24, 2.45) is 0 Å². The van der Waals surface area contributed by atoms with Crippen LogP contribution in [0.3, 0.4) is 0 Å². The summed E-state index contributed by atoms with van der Waals surface area (Å²) in [6.45, 7) is 3.61. The molecule has 0 N–H and O–H groups in total. The van der Waals surface area contributed by atoms with Crippen molar-refractivity contribution >= 4 is 16.8 Å². The predicted octanol–water partition coefficient (Wildman–Crippen LogP) is 3.03. The molecule has 0 aliphatic carbocycles. The van der Waals surface area contributed by atoms with Crippen LogP contribution in [-0.4, -0.2) is 28.9 Å². The van der Waals surface area contributed by atoms with Crippen molar-refractivity contribution < 1.29 is 4.79 Å². The van der Waals surface area contributed by atoms with Crippen molar-refractivity contribution in [1.29, 1.82) is 0 Å². The van der Waals surface area contributed by atoms with Crippen LogP contribution in [0, 0.1) is 0 Å². The molecule has 1 amide bonds. The topological polar surface area (TPSA) is 33.2 Å². The summed E-state index contributed by atoms with van der Waals surface area (Å²) < 4.78 is 0. The molecular weight excluding hydrogens is 236 g/mol. The van der Waals surface area contributed by atoms with Crippen molar-refractivity contribution in [3.63, 3.8) is 0 Å². The highest BCUT2D eigenvalue weighted by Crippen LogP contribution is 2.19. The van der Waals surface area contributed by atoms with Gasteiger partial charge < -0.3 is 4.90 Å². The number of pyridine rings is 1. The maximum atomic E-state index is 12.6. The van der Waals surface area contributed by atoms with Crippen molar-refractivity contribution in [3.8, 4) is 0 Å². The highest BCUT2D eigenvalue weighted by molar-refractivity contribution is 6.05. The first-order valence-electron chi connectivity index (χ1n) is 6.54. The van der Waals surface area contributed by atoms with Crippen molar-refractivity contribution in [2.45, 2.75) is 13.3 Å². The molecule has 96 valence electrons. The Kier molecular flexibility index (Phi) is 3.03. The Hall–Kier alpha value is -2.16. The molecule has 19 heavy (non-hydrogen) atoms. The molecule has 0 atom stereocenters. The minimum absolute atomic E-state index is 0.0769. The van der Waals surface area contributed by atoms with Gasteiger partial charge in [-0.15, -0.1) is 0 Å². The molecule has 0 saturated carbocycles. The van der Waals surface area contributed by atoms with Gasteiger partial charge in [-0.05, 0) is 25.5 Å². The SMILES string of the molecule is CC1=CCN(C(=O)c2cccc3cccnc23)CC1. The van der Waals surface area contributed by atoms with E-state index in [0.29, 0.717) is 12.1 Å². The highest BCUT2D eigenvalue weighted by Gasteiger charge is 2.19. The Morgan fingerprint density at radius 3 is 2.89 bits per heavy atom. The average molecular weight is 252 g/mol. The molecule has 3 rings (SSSR count). The van der Waals surface area contributed by atoms with Gasteiger partial charge in [-0.1, -0.05) is 29.8 Å². The van der Waals surface area contributed by atoms with Crippen LogP contribution in [-0.2, 0) is 0 Å². The quantitative estimate of drug-likeness (QED) is 0.731. The molecule has 0 radical (unpaired) electrons. The first-order valence-corrected chi connectivity index (χ1v) is 6.54. The Balaban J connectivity index is 1.98. The summed E-state index contributed by atoms with van der Waals surface area (Å²) in [5.41, 5.74) is 2.85. The van der Waals surface area contributed by atoms with Gasteiger partial charge in [-0.3, -0.25) is 9.78 Å². The zero-order chi connectivity index (χ0) is 13.2. The Morgan fingerprint density at radius 1 is 1.26 bits per heavy atom. The second-order valence-corrected chi connectivity index (χ2v) is 4.93. The summed E-state index contributed by atoms with van der Waals surface area (Å²) >= 11 is 0. The summed E-state index contributed by atoms with van der Waals surface area (Å²) in [4.78, 5) is 18.8. The third kappa shape index (κ3) is 2.24. The molecule has 0 unspecified atom stereocenters. The fraction of sp³-hybridized carbons (Fsp3) is 0.250. The van der Waals surface area contributed by atoms with E-state index >= 15 is 0 Å². The molecule has 0 bridgehead atoms. The van der Waals surface area contributed by atoms with Gasteiger partial charge in [-0.25, -0.2) is 0 Å². The third-order valence-corrected chi connectivity index (χ3v) is 3.59. The van der Waals surface area contributed by atoms with Gasteiger partial charge in [-0.2, -0.15) is 0 Å². The van der Waals surface area contributed by atoms with Crippen LogP contribution in [0.15, 0.2) is 48.2 Å². The van der Waals surface area contributed by atoms with E-state index < -0.39 is 0 Å². The number of carbonyl (C=O) groups is 1. The molecule has 2 heterocycles. The number of aromatic nitrogens is 1. The Labute approximate surface area is 112 Å². The first-order chi connectivity index (χ1) is 9.25. The number of carbonyl (C=O) groups excluding carboxylic acids is 1. The monoisotopic (exact) mass is 252 g/mol. The fourth-order valence-corrected chi connectivity index (χ4v) is 2.40. The third-order valence-electron chi connectivity index (χ3n) is 3.59. The largest absolute Gasteiger partial charge is 0.335 e. The number of hydrogen-bond donors (Lipinski definition) is 0. The van der Waals surface area contributed by atoms with Gasteiger partial charge in [0, 0.05) is 24.7 Å². The van der Waals surface area contributed by atoms with Crippen molar-refractivity contribution in [2.75, 3.05) is 13.1 Å². The van der Waals surface area contributed by atoms with Crippen LogP contribution in [0.5, 0.6) is 0 Å². The minimum Gasteiger partial charge on any atom is -0.335 e. The number of rotatable bonds is 1. The van der Waals surface area contributed by atoms with Gasteiger partial charge >= 0.3 is 0 Å². The lowest BCUT2D eigenvalue weighted by Gasteiger charge is -2.25. The van der Waals surface area contributed by atoms with Gasteiger partial charge in [0.05, 0.1) is 11.1 Å². The van der Waals surface area contributed by atoms with E-state index in [1.165, 1.54) is 5.57 Å². The van der Waals surface area contributed by atoms with Crippen LogP contribution < -0.4 is 0 Å². The molecule has 1 aliphatic rings. The molecule has 1 aliphatic heterocycles. The predicted molar refractivity (Wildman–Crippen MR) is 76.0 cm³/mol. The summed E-state index contributed by atoms with van der Waals surface area (Å²) in [5, 5.41) is 1.01. The van der Waals surface area contributed by atoms with E-state index in [0.717, 1.165) is 23.9 Å². The molecule has 3 heteroatoms. The Morgan fingerprint density at radius 2 is 2.11 bits per heavy atom. The number of fused-ring (bicyclic) bond motifs is 1. The van der Waals surface area contributed by atoms with Crippen molar-refractivity contribution in [1.82, 2.24) is 9.88 Å². The molecule has 1 aromatic heterocycles. The van der Waals surface area contributed by atoms with E-state index in [-0.39, 0.29) is 5.91 Å².